The van der Waals surface area contributed by atoms with Crippen LogP contribution in [-0.4, -0.2) is 35.8 Å². The molecule has 1 aromatic carbocycles. The summed E-state index contributed by atoms with van der Waals surface area (Å²) in [5.41, 5.74) is 5.99. The molecule has 26 heavy (non-hydrogen) atoms. The van der Waals surface area contributed by atoms with Crippen molar-refractivity contribution in [3.63, 3.8) is 0 Å². The van der Waals surface area contributed by atoms with Crippen molar-refractivity contribution < 1.29 is 14.0 Å². The zero-order valence-corrected chi connectivity index (χ0v) is 16.1. The van der Waals surface area contributed by atoms with Gasteiger partial charge >= 0.3 is 0 Å². The van der Waals surface area contributed by atoms with Gasteiger partial charge in [0.1, 0.15) is 5.82 Å². The third-order valence-corrected chi connectivity index (χ3v) is 5.84. The lowest BCUT2D eigenvalue weighted by Gasteiger charge is -2.43. The van der Waals surface area contributed by atoms with Crippen LogP contribution in [0.2, 0.25) is 0 Å². The molecular weight excluding hydrogens is 333 g/mol. The maximum atomic E-state index is 13.8. The average molecular weight is 363 g/mol. The summed E-state index contributed by atoms with van der Waals surface area (Å²) in [4.78, 5) is 27.5. The van der Waals surface area contributed by atoms with E-state index in [4.69, 9.17) is 5.73 Å². The molecule has 5 nitrogen and oxygen atoms in total. The Morgan fingerprint density at radius 2 is 2.00 bits per heavy atom. The number of nitrogens with one attached hydrogen (secondary N) is 1. The summed E-state index contributed by atoms with van der Waals surface area (Å²) in [5, 5.41) is 2.77. The third-order valence-electron chi connectivity index (χ3n) is 5.84. The summed E-state index contributed by atoms with van der Waals surface area (Å²) >= 11 is 0. The zero-order chi connectivity index (χ0) is 19.5. The van der Waals surface area contributed by atoms with Gasteiger partial charge in [0.2, 0.25) is 11.8 Å². The molecule has 2 amide bonds. The molecule has 0 saturated carbocycles. The quantitative estimate of drug-likeness (QED) is 0.816. The highest BCUT2D eigenvalue weighted by Gasteiger charge is 2.51. The van der Waals surface area contributed by atoms with Crippen LogP contribution in [0.3, 0.4) is 0 Å². The Kier molecular flexibility index (Phi) is 6.39. The number of amides is 2. The molecule has 1 aliphatic rings. The third kappa shape index (κ3) is 3.47. The first kappa shape index (κ1) is 20.4. The molecule has 6 heteroatoms. The first-order chi connectivity index (χ1) is 12.3. The summed E-state index contributed by atoms with van der Waals surface area (Å²) < 4.78 is 13.8. The van der Waals surface area contributed by atoms with Crippen molar-refractivity contribution in [3.05, 3.63) is 35.6 Å². The second kappa shape index (κ2) is 8.16. The van der Waals surface area contributed by atoms with E-state index in [1.165, 1.54) is 12.1 Å². The van der Waals surface area contributed by atoms with Crippen LogP contribution in [0.1, 0.15) is 58.1 Å². The Morgan fingerprint density at radius 1 is 1.35 bits per heavy atom. The fourth-order valence-electron chi connectivity index (χ4n) is 4.38. The molecule has 1 saturated heterocycles. The highest BCUT2D eigenvalue weighted by atomic mass is 19.1. The lowest BCUT2D eigenvalue weighted by molar-refractivity contribution is -0.144. The minimum Gasteiger partial charge on any atom is -0.359 e. The van der Waals surface area contributed by atoms with Gasteiger partial charge in [-0.3, -0.25) is 9.59 Å². The fraction of sp³-hybridized carbons (Fsp3) is 0.600. The minimum absolute atomic E-state index is 0.0603. The van der Waals surface area contributed by atoms with E-state index < -0.39 is 11.5 Å². The van der Waals surface area contributed by atoms with E-state index in [-0.39, 0.29) is 29.7 Å². The highest BCUT2D eigenvalue weighted by molar-refractivity contribution is 5.86. The van der Waals surface area contributed by atoms with Gasteiger partial charge in [-0.2, -0.15) is 0 Å². The number of halogens is 1. The van der Waals surface area contributed by atoms with Gasteiger partial charge in [-0.1, -0.05) is 26.0 Å². The Hall–Kier alpha value is -1.95. The number of nitrogens with two attached hydrogens (primary N) is 1. The molecule has 0 unspecified atom stereocenters. The van der Waals surface area contributed by atoms with E-state index >= 15 is 0 Å². The molecule has 0 spiro atoms. The first-order valence-corrected chi connectivity index (χ1v) is 9.37. The number of hydrogen-bond acceptors (Lipinski definition) is 3. The average Bonchev–Trinajstić information content (AvgIpc) is 3.07. The fourth-order valence-corrected chi connectivity index (χ4v) is 4.38. The topological polar surface area (TPSA) is 75.4 Å². The van der Waals surface area contributed by atoms with E-state index in [1.54, 1.807) is 24.9 Å². The molecule has 0 radical (unpaired) electrons. The zero-order valence-electron chi connectivity index (χ0n) is 16.1. The van der Waals surface area contributed by atoms with Crippen molar-refractivity contribution in [2.45, 2.75) is 64.6 Å². The van der Waals surface area contributed by atoms with Crippen molar-refractivity contribution in [2.75, 3.05) is 7.05 Å². The number of carbonyl (C=O) groups is 2. The van der Waals surface area contributed by atoms with Gasteiger partial charge in [-0.25, -0.2) is 4.39 Å². The van der Waals surface area contributed by atoms with Gasteiger partial charge in [-0.05, 0) is 50.3 Å². The summed E-state index contributed by atoms with van der Waals surface area (Å²) in [7, 11) is 1.62. The van der Waals surface area contributed by atoms with Crippen LogP contribution in [0.5, 0.6) is 0 Å². The first-order valence-electron chi connectivity index (χ1n) is 9.37. The molecule has 0 bridgehead atoms. The van der Waals surface area contributed by atoms with Gasteiger partial charge in [0, 0.05) is 13.1 Å². The Balaban J connectivity index is 2.52. The number of rotatable bonds is 6. The van der Waals surface area contributed by atoms with Gasteiger partial charge in [0.05, 0.1) is 17.5 Å². The lowest BCUT2D eigenvalue weighted by Crippen LogP contribution is -2.56. The van der Waals surface area contributed by atoms with Crippen LogP contribution >= 0.6 is 0 Å². The van der Waals surface area contributed by atoms with Gasteiger partial charge in [0.15, 0.2) is 0 Å². The highest BCUT2D eigenvalue weighted by Crippen LogP contribution is 2.47. The standard InChI is InChI=1S/C20H30FN3O2/c1-5-20(6-2,19(26)23-4)17-11-10-16(24(17)18(25)13(3)22)14-8-7-9-15(21)12-14/h7-9,12-13,16-17H,5-6,10-11,22H2,1-4H3,(H,23,26)/t13-,16+,17-/m1/s1. The summed E-state index contributed by atoms with van der Waals surface area (Å²) in [6.45, 7) is 5.60. The van der Waals surface area contributed by atoms with E-state index in [0.29, 0.717) is 25.7 Å². The molecule has 3 atom stereocenters. The molecule has 1 aliphatic heterocycles. The van der Waals surface area contributed by atoms with Crippen molar-refractivity contribution >= 4 is 11.8 Å². The number of likely N-dealkylation sites (tertiary alicyclic amines) is 1. The van der Waals surface area contributed by atoms with Crippen LogP contribution < -0.4 is 11.1 Å². The molecule has 0 aliphatic carbocycles. The largest absolute Gasteiger partial charge is 0.359 e. The number of nitrogens with zero attached hydrogens (tertiary/aromatic N) is 1. The SMILES string of the molecule is CCC(CC)(C(=O)NC)[C@H]1CC[C@@H](c2cccc(F)c2)N1C(=O)[C@@H](C)N. The molecule has 144 valence electrons. The normalized spacial score (nSPS) is 21.5. The van der Waals surface area contributed by atoms with E-state index in [0.717, 1.165) is 5.56 Å². The second-order valence-electron chi connectivity index (χ2n) is 7.14. The summed E-state index contributed by atoms with van der Waals surface area (Å²) in [5.74, 6) is -0.588. The Bertz CT molecular complexity index is 658. The predicted molar refractivity (Wildman–Crippen MR) is 99.7 cm³/mol. The molecule has 1 fully saturated rings. The minimum atomic E-state index is -0.679. The number of carbonyl (C=O) groups excluding carboxylic acids is 2. The molecule has 1 heterocycles. The van der Waals surface area contributed by atoms with Crippen molar-refractivity contribution in [3.8, 4) is 0 Å². The van der Waals surface area contributed by atoms with Crippen molar-refractivity contribution in [1.29, 1.82) is 0 Å². The summed E-state index contributed by atoms with van der Waals surface area (Å²) in [6, 6.07) is 5.13. The smallest absolute Gasteiger partial charge is 0.239 e. The van der Waals surface area contributed by atoms with E-state index in [9.17, 15) is 14.0 Å². The van der Waals surface area contributed by atoms with Crippen LogP contribution in [-0.2, 0) is 9.59 Å². The van der Waals surface area contributed by atoms with Crippen molar-refractivity contribution in [1.82, 2.24) is 10.2 Å². The van der Waals surface area contributed by atoms with Gasteiger partial charge in [-0.15, -0.1) is 0 Å². The molecule has 2 rings (SSSR count). The monoisotopic (exact) mass is 363 g/mol. The van der Waals surface area contributed by atoms with E-state index in [1.807, 2.05) is 19.9 Å². The maximum absolute atomic E-state index is 13.8. The maximum Gasteiger partial charge on any atom is 0.239 e. The number of hydrogen-bond donors (Lipinski definition) is 2. The van der Waals surface area contributed by atoms with Crippen LogP contribution in [0.4, 0.5) is 4.39 Å². The van der Waals surface area contributed by atoms with Crippen LogP contribution in [0.15, 0.2) is 24.3 Å². The van der Waals surface area contributed by atoms with Crippen molar-refractivity contribution in [2.24, 2.45) is 11.1 Å². The van der Waals surface area contributed by atoms with E-state index in [2.05, 4.69) is 5.32 Å². The molecule has 3 N–H and O–H groups in total. The molecule has 0 aromatic heterocycles. The van der Waals surface area contributed by atoms with Crippen LogP contribution in [0, 0.1) is 11.2 Å². The molecular formula is C20H30FN3O2. The number of benzene rings is 1. The Morgan fingerprint density at radius 3 is 2.50 bits per heavy atom. The van der Waals surface area contributed by atoms with Gasteiger partial charge in [0.25, 0.3) is 0 Å². The predicted octanol–water partition coefficient (Wildman–Crippen LogP) is 2.76. The summed E-state index contributed by atoms with van der Waals surface area (Å²) in [6.07, 6.45) is 2.61. The Labute approximate surface area is 155 Å². The second-order valence-corrected chi connectivity index (χ2v) is 7.14. The van der Waals surface area contributed by atoms with Crippen LogP contribution in [0.25, 0.3) is 0 Å². The molecule has 1 aromatic rings. The lowest BCUT2D eigenvalue weighted by atomic mass is 9.73. The van der Waals surface area contributed by atoms with Gasteiger partial charge < -0.3 is 16.0 Å².